The molecule has 3 aromatic rings. The summed E-state index contributed by atoms with van der Waals surface area (Å²) in [4.78, 5) is 12.4. The number of phenols is 1. The lowest BCUT2D eigenvalue weighted by molar-refractivity contribution is 0.0959. The molecule has 0 saturated carbocycles. The van der Waals surface area contributed by atoms with Crippen LogP contribution in [0.25, 0.3) is 0 Å². The molecule has 124 valence electrons. The molecule has 25 heavy (non-hydrogen) atoms. The van der Waals surface area contributed by atoms with Crippen molar-refractivity contribution in [3.8, 4) is 5.75 Å². The Morgan fingerprint density at radius 1 is 1.00 bits per heavy atom. The zero-order valence-corrected chi connectivity index (χ0v) is 13.9. The lowest BCUT2D eigenvalue weighted by Gasteiger charge is -2.00. The van der Waals surface area contributed by atoms with Gasteiger partial charge < -0.3 is 5.11 Å². The van der Waals surface area contributed by atoms with E-state index in [-0.39, 0.29) is 11.7 Å². The van der Waals surface area contributed by atoms with Crippen molar-refractivity contribution in [1.29, 1.82) is 0 Å². The molecule has 2 N–H and O–H groups in total. The fraction of sp³-hybridized carbons (Fsp3) is 0. The minimum atomic E-state index is -0.300. The largest absolute Gasteiger partial charge is 0.507 e. The number of thiophene rings is 1. The molecule has 1 aromatic heterocycles. The molecule has 0 spiro atoms. The van der Waals surface area contributed by atoms with Crippen LogP contribution in [0.4, 0.5) is 11.4 Å². The minimum absolute atomic E-state index is 0.0350. The Morgan fingerprint density at radius 3 is 2.56 bits per heavy atom. The van der Waals surface area contributed by atoms with Crippen molar-refractivity contribution >= 4 is 34.8 Å². The summed E-state index contributed by atoms with van der Waals surface area (Å²) in [7, 11) is 0. The monoisotopic (exact) mass is 350 g/mol. The average molecular weight is 350 g/mol. The maximum Gasteiger partial charge on any atom is 0.281 e. The van der Waals surface area contributed by atoms with E-state index in [0.29, 0.717) is 16.1 Å². The normalized spacial score (nSPS) is 11.2. The van der Waals surface area contributed by atoms with Gasteiger partial charge in [-0.1, -0.05) is 24.3 Å². The third-order valence-corrected chi connectivity index (χ3v) is 4.03. The van der Waals surface area contributed by atoms with Crippen LogP contribution in [0.1, 0.15) is 15.2 Å². The molecule has 0 aliphatic heterocycles. The third-order valence-electron chi connectivity index (χ3n) is 3.16. The van der Waals surface area contributed by atoms with Gasteiger partial charge in [0.05, 0.1) is 22.5 Å². The number of carbonyl (C=O) groups excluding carboxylic acids is 1. The third kappa shape index (κ3) is 4.58. The highest BCUT2D eigenvalue weighted by Gasteiger charge is 2.05. The summed E-state index contributed by atoms with van der Waals surface area (Å²) in [5.41, 5.74) is 4.13. The molecule has 1 heterocycles. The highest BCUT2D eigenvalue weighted by atomic mass is 32.1. The summed E-state index contributed by atoms with van der Waals surface area (Å²) in [6.45, 7) is 0. The van der Waals surface area contributed by atoms with Crippen molar-refractivity contribution in [3.63, 3.8) is 0 Å². The number of carbonyl (C=O) groups is 1. The number of rotatable bonds is 5. The maximum atomic E-state index is 11.8. The van der Waals surface area contributed by atoms with E-state index in [1.54, 1.807) is 24.3 Å². The summed E-state index contributed by atoms with van der Waals surface area (Å²) in [6, 6.07) is 17.6. The van der Waals surface area contributed by atoms with Crippen molar-refractivity contribution < 1.29 is 9.90 Å². The molecule has 0 bridgehead atoms. The van der Waals surface area contributed by atoms with Gasteiger partial charge in [-0.15, -0.1) is 11.3 Å². The topological polar surface area (TPSA) is 86.4 Å². The van der Waals surface area contributed by atoms with Crippen molar-refractivity contribution in [3.05, 3.63) is 76.5 Å². The first-order valence-corrected chi connectivity index (χ1v) is 8.27. The number of hydrazone groups is 1. The van der Waals surface area contributed by atoms with Crippen molar-refractivity contribution in [1.82, 2.24) is 5.43 Å². The Hall–Kier alpha value is -3.32. The van der Waals surface area contributed by atoms with Gasteiger partial charge in [0.2, 0.25) is 0 Å². The Morgan fingerprint density at radius 2 is 1.80 bits per heavy atom. The number of amides is 1. The standard InChI is InChI=1S/C18H14N4O2S/c23-16-9-8-15(21-20-14-5-2-1-3-6-14)11-13(16)12-19-22-18(24)17-7-4-10-25-17/h1-12,23H,(H,22,24). The predicted octanol–water partition coefficient (Wildman–Crippen LogP) is 4.63. The molecule has 0 saturated heterocycles. The Labute approximate surface area is 148 Å². The fourth-order valence-electron chi connectivity index (χ4n) is 1.94. The van der Waals surface area contributed by atoms with Gasteiger partial charge in [-0.2, -0.15) is 15.3 Å². The molecule has 3 rings (SSSR count). The first-order valence-electron chi connectivity index (χ1n) is 7.39. The van der Waals surface area contributed by atoms with Crippen LogP contribution < -0.4 is 5.43 Å². The molecule has 0 fully saturated rings. The van der Waals surface area contributed by atoms with Crippen LogP contribution in [0.15, 0.2) is 81.4 Å². The summed E-state index contributed by atoms with van der Waals surface area (Å²) < 4.78 is 0. The molecule has 2 aromatic carbocycles. The van der Waals surface area contributed by atoms with Crippen molar-refractivity contribution in [2.75, 3.05) is 0 Å². The lowest BCUT2D eigenvalue weighted by atomic mass is 10.2. The van der Waals surface area contributed by atoms with Crippen LogP contribution in [-0.2, 0) is 0 Å². The van der Waals surface area contributed by atoms with Gasteiger partial charge in [0, 0.05) is 5.56 Å². The van der Waals surface area contributed by atoms with Crippen LogP contribution in [-0.4, -0.2) is 17.2 Å². The second-order valence-corrected chi connectivity index (χ2v) is 5.90. The number of azo groups is 1. The van der Waals surface area contributed by atoms with Crippen LogP contribution >= 0.6 is 11.3 Å². The van der Waals surface area contributed by atoms with Crippen LogP contribution in [0, 0.1) is 0 Å². The molecule has 0 atom stereocenters. The second-order valence-electron chi connectivity index (χ2n) is 4.96. The predicted molar refractivity (Wildman–Crippen MR) is 98.1 cm³/mol. The van der Waals surface area contributed by atoms with Crippen LogP contribution in [0.2, 0.25) is 0 Å². The molecule has 1 amide bonds. The average Bonchev–Trinajstić information content (AvgIpc) is 3.18. The quantitative estimate of drug-likeness (QED) is 0.399. The highest BCUT2D eigenvalue weighted by Crippen LogP contribution is 2.24. The van der Waals surface area contributed by atoms with E-state index in [9.17, 15) is 9.90 Å². The van der Waals surface area contributed by atoms with Gasteiger partial charge in [-0.25, -0.2) is 5.43 Å². The fourth-order valence-corrected chi connectivity index (χ4v) is 2.55. The van der Waals surface area contributed by atoms with E-state index < -0.39 is 0 Å². The zero-order valence-electron chi connectivity index (χ0n) is 13.0. The van der Waals surface area contributed by atoms with Gasteiger partial charge in [0.15, 0.2) is 0 Å². The summed E-state index contributed by atoms with van der Waals surface area (Å²) >= 11 is 1.32. The smallest absolute Gasteiger partial charge is 0.281 e. The zero-order chi connectivity index (χ0) is 17.5. The number of hydrogen-bond acceptors (Lipinski definition) is 6. The van der Waals surface area contributed by atoms with Gasteiger partial charge in [0.1, 0.15) is 5.75 Å². The number of hydrogen-bond donors (Lipinski definition) is 2. The van der Waals surface area contributed by atoms with E-state index >= 15 is 0 Å². The Kier molecular flexibility index (Phi) is 5.28. The Balaban J connectivity index is 1.70. The molecule has 7 heteroatoms. The van der Waals surface area contributed by atoms with E-state index in [4.69, 9.17) is 0 Å². The SMILES string of the molecule is O=C(NN=Cc1cc(N=Nc2ccccc2)ccc1O)c1cccs1. The van der Waals surface area contributed by atoms with Crippen LogP contribution in [0.5, 0.6) is 5.75 Å². The van der Waals surface area contributed by atoms with Crippen molar-refractivity contribution in [2.45, 2.75) is 0 Å². The number of nitrogens with one attached hydrogen (secondary N) is 1. The van der Waals surface area contributed by atoms with Gasteiger partial charge in [-0.3, -0.25) is 4.79 Å². The Bertz CT molecular complexity index is 906. The molecular weight excluding hydrogens is 336 g/mol. The van der Waals surface area contributed by atoms with Crippen molar-refractivity contribution in [2.24, 2.45) is 15.3 Å². The minimum Gasteiger partial charge on any atom is -0.507 e. The highest BCUT2D eigenvalue weighted by molar-refractivity contribution is 7.12. The van der Waals surface area contributed by atoms with E-state index in [1.165, 1.54) is 23.6 Å². The van der Waals surface area contributed by atoms with Gasteiger partial charge >= 0.3 is 0 Å². The summed E-state index contributed by atoms with van der Waals surface area (Å²) in [5, 5.41) is 23.8. The molecule has 0 aliphatic rings. The molecule has 6 nitrogen and oxygen atoms in total. The molecule has 0 aliphatic carbocycles. The summed E-state index contributed by atoms with van der Waals surface area (Å²) in [6.07, 6.45) is 1.36. The maximum absolute atomic E-state index is 11.8. The van der Waals surface area contributed by atoms with E-state index in [2.05, 4.69) is 20.8 Å². The molecule has 0 radical (unpaired) electrons. The molecular formula is C18H14N4O2S. The van der Waals surface area contributed by atoms with E-state index in [1.807, 2.05) is 35.7 Å². The second kappa shape index (κ2) is 7.98. The lowest BCUT2D eigenvalue weighted by Crippen LogP contribution is -2.16. The number of aromatic hydroxyl groups is 1. The number of phenolic OH excluding ortho intramolecular Hbond substituents is 1. The summed E-state index contributed by atoms with van der Waals surface area (Å²) in [5.74, 6) is -0.265. The first-order chi connectivity index (χ1) is 12.2. The first kappa shape index (κ1) is 16.5. The number of nitrogens with zero attached hydrogens (tertiary/aromatic N) is 3. The van der Waals surface area contributed by atoms with Gasteiger partial charge in [-0.05, 0) is 41.8 Å². The number of benzene rings is 2. The van der Waals surface area contributed by atoms with Gasteiger partial charge in [0.25, 0.3) is 5.91 Å². The molecule has 0 unspecified atom stereocenters. The van der Waals surface area contributed by atoms with Crippen LogP contribution in [0.3, 0.4) is 0 Å². The van der Waals surface area contributed by atoms with E-state index in [0.717, 1.165) is 5.69 Å².